The van der Waals surface area contributed by atoms with Gasteiger partial charge in [0.1, 0.15) is 5.25 Å². The van der Waals surface area contributed by atoms with Gasteiger partial charge in [-0.05, 0) is 28.8 Å². The average Bonchev–Trinajstić information content (AvgIpc) is 3.22. The summed E-state index contributed by atoms with van der Waals surface area (Å²) < 4.78 is 2.00. The number of amides is 2. The van der Waals surface area contributed by atoms with Gasteiger partial charge in [-0.3, -0.25) is 14.9 Å². The molecule has 0 aliphatic carbocycles. The molecular weight excluding hydrogens is 374 g/mol. The summed E-state index contributed by atoms with van der Waals surface area (Å²) in [6.07, 6.45) is 1.91. The van der Waals surface area contributed by atoms with Crippen LogP contribution in [0.1, 0.15) is 22.4 Å². The van der Waals surface area contributed by atoms with Crippen LogP contribution in [0.5, 0.6) is 0 Å². The van der Waals surface area contributed by atoms with E-state index in [1.807, 2.05) is 65.4 Å². The number of hydrogen-bond acceptors (Lipinski definition) is 3. The van der Waals surface area contributed by atoms with Crippen LogP contribution in [0.4, 0.5) is 4.79 Å². The van der Waals surface area contributed by atoms with Crippen LogP contribution in [-0.2, 0) is 11.3 Å². The lowest BCUT2D eigenvalue weighted by molar-refractivity contribution is -0.119. The average molecular weight is 391 g/mol. The summed E-state index contributed by atoms with van der Waals surface area (Å²) in [6, 6.07) is 16.8. The van der Waals surface area contributed by atoms with Gasteiger partial charge in [-0.1, -0.05) is 63.9 Å². The number of fused-ring (bicyclic) bond motifs is 1. The molecule has 1 fully saturated rings. The Hall–Kier alpha value is -3.35. The number of azide groups is 1. The molecule has 4 rings (SSSR count). The van der Waals surface area contributed by atoms with Crippen molar-refractivity contribution in [3.05, 3.63) is 82.4 Å². The van der Waals surface area contributed by atoms with Crippen LogP contribution in [0.3, 0.4) is 0 Å². The lowest BCUT2D eigenvalue weighted by atomic mass is 10.1. The van der Waals surface area contributed by atoms with E-state index in [2.05, 4.69) is 21.2 Å². The highest BCUT2D eigenvalue weighted by molar-refractivity contribution is 8.28. The first-order chi connectivity index (χ1) is 13.6. The molecule has 3 aromatic rings. The van der Waals surface area contributed by atoms with E-state index in [-0.39, 0.29) is 17.2 Å². The molecule has 2 amide bonds. The molecule has 0 bridgehead atoms. The number of benzene rings is 2. The molecule has 7 nitrogen and oxygen atoms in total. The fourth-order valence-corrected chi connectivity index (χ4v) is 4.81. The first kappa shape index (κ1) is 18.0. The summed E-state index contributed by atoms with van der Waals surface area (Å²) in [5.74, 6) is 3.58. The summed E-state index contributed by atoms with van der Waals surface area (Å²) >= 11 is 0. The van der Waals surface area contributed by atoms with Crippen molar-refractivity contribution in [2.45, 2.75) is 17.8 Å². The summed E-state index contributed by atoms with van der Waals surface area (Å²) in [7, 11) is -0.952. The van der Waals surface area contributed by atoms with Crippen LogP contribution in [0.2, 0.25) is 0 Å². The largest absolute Gasteiger partial charge is 0.347 e. The van der Waals surface area contributed by atoms with Crippen molar-refractivity contribution < 1.29 is 9.59 Å². The quantitative estimate of drug-likeness (QED) is 0.295. The standard InChI is InChI=1S/C20H17N5O2S/c1-28-18(19(26)22-20(28)27)15-8-5-9-17-14(15)10-11-25(17)12-16(23-24-21)13-6-3-2-4-7-13/h2-11,16,18H,1,12H2,(H,22,26,27). The molecule has 3 atom stereocenters. The van der Waals surface area contributed by atoms with Gasteiger partial charge >= 0.3 is 0 Å². The Labute approximate surface area is 163 Å². The molecule has 3 unspecified atom stereocenters. The van der Waals surface area contributed by atoms with Gasteiger partial charge in [-0.2, -0.15) is 0 Å². The van der Waals surface area contributed by atoms with Gasteiger partial charge in [0.05, 0.1) is 6.04 Å². The maximum absolute atomic E-state index is 12.3. The highest BCUT2D eigenvalue weighted by atomic mass is 32.2. The second-order valence-electron chi connectivity index (χ2n) is 6.47. The van der Waals surface area contributed by atoms with Crippen molar-refractivity contribution in [1.29, 1.82) is 0 Å². The van der Waals surface area contributed by atoms with Crippen molar-refractivity contribution in [2.75, 3.05) is 0 Å². The number of hydrogen-bond donors (Lipinski definition) is 1. The van der Waals surface area contributed by atoms with E-state index in [1.54, 1.807) is 0 Å². The third-order valence-corrected chi connectivity index (χ3v) is 6.48. The monoisotopic (exact) mass is 391 g/mol. The van der Waals surface area contributed by atoms with Gasteiger partial charge < -0.3 is 4.57 Å². The molecule has 0 saturated carbocycles. The van der Waals surface area contributed by atoms with Gasteiger partial charge in [0, 0.05) is 28.6 Å². The molecule has 2 aromatic carbocycles. The zero-order valence-electron chi connectivity index (χ0n) is 14.9. The van der Waals surface area contributed by atoms with Crippen molar-refractivity contribution in [2.24, 2.45) is 5.11 Å². The smallest absolute Gasteiger partial charge is 0.280 e. The highest BCUT2D eigenvalue weighted by Gasteiger charge is 2.36. The van der Waals surface area contributed by atoms with Gasteiger partial charge in [0.15, 0.2) is 0 Å². The number of carbonyl (C=O) groups is 2. The Kier molecular flexibility index (Phi) is 4.73. The second kappa shape index (κ2) is 7.34. The molecule has 1 N–H and O–H groups in total. The number of imide groups is 1. The maximum atomic E-state index is 12.3. The molecule has 0 spiro atoms. The van der Waals surface area contributed by atoms with Gasteiger partial charge in [0.25, 0.3) is 5.24 Å². The van der Waals surface area contributed by atoms with E-state index < -0.39 is 15.7 Å². The van der Waals surface area contributed by atoms with E-state index in [4.69, 9.17) is 5.53 Å². The van der Waals surface area contributed by atoms with Gasteiger partial charge in [0.2, 0.25) is 5.91 Å². The van der Waals surface area contributed by atoms with Crippen LogP contribution in [0, 0.1) is 0 Å². The Balaban J connectivity index is 1.74. The summed E-state index contributed by atoms with van der Waals surface area (Å²) in [4.78, 5) is 27.1. The number of nitrogens with one attached hydrogen (secondary N) is 1. The number of carbonyl (C=O) groups excluding carboxylic acids is 2. The van der Waals surface area contributed by atoms with Crippen molar-refractivity contribution in [3.63, 3.8) is 0 Å². The molecule has 28 heavy (non-hydrogen) atoms. The molecule has 1 aromatic heterocycles. The molecule has 140 valence electrons. The predicted octanol–water partition coefficient (Wildman–Crippen LogP) is 4.68. The number of rotatable bonds is 5. The molecule has 1 aliphatic rings. The molecule has 1 saturated heterocycles. The van der Waals surface area contributed by atoms with Gasteiger partial charge in [-0.15, -0.1) is 0 Å². The maximum Gasteiger partial charge on any atom is 0.280 e. The van der Waals surface area contributed by atoms with E-state index in [0.717, 1.165) is 22.0 Å². The third-order valence-electron chi connectivity index (χ3n) is 4.86. The topological polar surface area (TPSA) is 99.9 Å². The van der Waals surface area contributed by atoms with Crippen molar-refractivity contribution >= 4 is 38.4 Å². The lowest BCUT2D eigenvalue weighted by Gasteiger charge is -2.15. The predicted molar refractivity (Wildman–Crippen MR) is 111 cm³/mol. The van der Waals surface area contributed by atoms with E-state index in [9.17, 15) is 9.59 Å². The third kappa shape index (κ3) is 3.09. The van der Waals surface area contributed by atoms with Crippen LogP contribution >= 0.6 is 10.5 Å². The molecule has 8 heteroatoms. The highest BCUT2D eigenvalue weighted by Crippen LogP contribution is 2.42. The zero-order chi connectivity index (χ0) is 19.7. The Morgan fingerprint density at radius 3 is 2.64 bits per heavy atom. The fraction of sp³-hybridized carbons (Fsp3) is 0.150. The van der Waals surface area contributed by atoms with E-state index >= 15 is 0 Å². The lowest BCUT2D eigenvalue weighted by Crippen LogP contribution is -2.20. The van der Waals surface area contributed by atoms with Crippen LogP contribution < -0.4 is 5.32 Å². The van der Waals surface area contributed by atoms with E-state index in [1.165, 1.54) is 0 Å². The Morgan fingerprint density at radius 2 is 1.96 bits per heavy atom. The van der Waals surface area contributed by atoms with Crippen LogP contribution in [0.15, 0.2) is 65.9 Å². The Bertz CT molecular complexity index is 1150. The summed E-state index contributed by atoms with van der Waals surface area (Å²) in [6.45, 7) is 0.465. The minimum atomic E-state index is -0.952. The summed E-state index contributed by atoms with van der Waals surface area (Å²) in [5, 5.41) is 6.32. The second-order valence-corrected chi connectivity index (χ2v) is 8.17. The Morgan fingerprint density at radius 1 is 1.18 bits per heavy atom. The minimum absolute atomic E-state index is 0.306. The number of nitrogens with zero attached hydrogens (tertiary/aromatic N) is 4. The van der Waals surface area contributed by atoms with Crippen molar-refractivity contribution in [1.82, 2.24) is 9.88 Å². The zero-order valence-corrected chi connectivity index (χ0v) is 15.7. The summed E-state index contributed by atoms with van der Waals surface area (Å²) in [5.41, 5.74) is 11.6. The molecular formula is C20H17N5O2S. The molecule has 2 heterocycles. The minimum Gasteiger partial charge on any atom is -0.347 e. The molecule has 0 radical (unpaired) electrons. The first-order valence-corrected chi connectivity index (χ1v) is 10.1. The SMILES string of the molecule is C=S1C(=O)NC(=O)C1c1cccc2c1ccn2CC(N=[N+]=[N-])c1ccccc1. The van der Waals surface area contributed by atoms with E-state index in [0.29, 0.717) is 6.54 Å². The van der Waals surface area contributed by atoms with Crippen LogP contribution in [0.25, 0.3) is 21.3 Å². The normalized spacial score (nSPS) is 20.0. The van der Waals surface area contributed by atoms with Crippen molar-refractivity contribution in [3.8, 4) is 0 Å². The van der Waals surface area contributed by atoms with Gasteiger partial charge in [-0.25, -0.2) is 0 Å². The molecule has 1 aliphatic heterocycles. The van der Waals surface area contributed by atoms with Crippen LogP contribution in [-0.4, -0.2) is 21.6 Å². The fourth-order valence-electron chi connectivity index (χ4n) is 3.53. The number of aromatic nitrogens is 1. The first-order valence-electron chi connectivity index (χ1n) is 8.64.